The highest BCUT2D eigenvalue weighted by Gasteiger charge is 2.17. The van der Waals surface area contributed by atoms with E-state index in [4.69, 9.17) is 0 Å². The maximum atomic E-state index is 9.95. The van der Waals surface area contributed by atoms with Gasteiger partial charge in [-0.15, -0.1) is 0 Å². The normalized spacial score (nSPS) is 11.3. The van der Waals surface area contributed by atoms with Crippen molar-refractivity contribution in [3.05, 3.63) is 90.0 Å². The molecular formula is C28H27O2P. The highest BCUT2D eigenvalue weighted by atomic mass is 31.1. The van der Waals surface area contributed by atoms with Crippen molar-refractivity contribution < 1.29 is 10.2 Å². The minimum absolute atomic E-state index is 0.817. The first kappa shape index (κ1) is 22.8. The Morgan fingerprint density at radius 2 is 1.00 bits per heavy atom. The highest BCUT2D eigenvalue weighted by Crippen LogP contribution is 2.33. The van der Waals surface area contributed by atoms with Crippen LogP contribution in [0.5, 0.6) is 0 Å². The van der Waals surface area contributed by atoms with Gasteiger partial charge in [0, 0.05) is 11.1 Å². The van der Waals surface area contributed by atoms with E-state index in [-0.39, 0.29) is 0 Å². The number of hydrogen-bond donors (Lipinski definition) is 2. The molecule has 0 aromatic heterocycles. The van der Waals surface area contributed by atoms with Crippen molar-refractivity contribution in [2.45, 2.75) is 38.9 Å². The fraction of sp³-hybridized carbons (Fsp3) is 0.214. The summed E-state index contributed by atoms with van der Waals surface area (Å²) in [6, 6.07) is 26.9. The summed E-state index contributed by atoms with van der Waals surface area (Å²) in [4.78, 5) is 0. The summed E-state index contributed by atoms with van der Waals surface area (Å²) >= 11 is 0. The van der Waals surface area contributed by atoms with Crippen LogP contribution in [-0.2, 0) is 0 Å². The molecule has 2 nitrogen and oxygen atoms in total. The Labute approximate surface area is 186 Å². The molecule has 0 aliphatic rings. The molecule has 0 heterocycles. The molecule has 3 aromatic rings. The smallest absolute Gasteiger partial charge is 0.120 e. The van der Waals surface area contributed by atoms with Gasteiger partial charge >= 0.3 is 0 Å². The molecule has 0 saturated heterocycles. The van der Waals surface area contributed by atoms with Crippen molar-refractivity contribution in [3.8, 4) is 23.7 Å². The van der Waals surface area contributed by atoms with Crippen LogP contribution in [0.25, 0.3) is 0 Å². The Kier molecular flexibility index (Phi) is 7.00. The van der Waals surface area contributed by atoms with Gasteiger partial charge in [-0.2, -0.15) is 0 Å². The summed E-state index contributed by atoms with van der Waals surface area (Å²) in [6.07, 6.45) is 0. The Morgan fingerprint density at radius 3 is 1.42 bits per heavy atom. The third-order valence-corrected chi connectivity index (χ3v) is 6.65. The van der Waals surface area contributed by atoms with E-state index in [0.717, 1.165) is 11.1 Å². The van der Waals surface area contributed by atoms with Gasteiger partial charge < -0.3 is 10.2 Å². The molecule has 0 radical (unpaired) electrons. The first-order valence-corrected chi connectivity index (χ1v) is 11.5. The lowest BCUT2D eigenvalue weighted by atomic mass is 10.1. The summed E-state index contributed by atoms with van der Waals surface area (Å²) in [7, 11) is -0.817. The standard InChI is InChI=1S/C28H27O2P/c1-27(2,29)18-16-22-10-8-14-25(20-22)31(24-12-6-5-7-13-24)26-15-9-11-23(21-26)17-19-28(3,4)30/h5-15,20-21,29-30H,1-4H3. The van der Waals surface area contributed by atoms with Crippen LogP contribution in [0.15, 0.2) is 78.9 Å². The second kappa shape index (κ2) is 9.51. The summed E-state index contributed by atoms with van der Waals surface area (Å²) < 4.78 is 0. The average Bonchev–Trinajstić information content (AvgIpc) is 2.72. The van der Waals surface area contributed by atoms with Crippen LogP contribution >= 0.6 is 7.92 Å². The largest absolute Gasteiger partial charge is 0.378 e. The maximum Gasteiger partial charge on any atom is 0.120 e. The molecule has 0 unspecified atom stereocenters. The minimum atomic E-state index is -1.03. The van der Waals surface area contributed by atoms with E-state index in [0.29, 0.717) is 0 Å². The second-order valence-corrected chi connectivity index (χ2v) is 10.6. The Bertz CT molecular complexity index is 1090. The minimum Gasteiger partial charge on any atom is -0.378 e. The van der Waals surface area contributed by atoms with Crippen molar-refractivity contribution in [2.75, 3.05) is 0 Å². The summed E-state index contributed by atoms with van der Waals surface area (Å²) in [6.45, 7) is 6.73. The van der Waals surface area contributed by atoms with Crippen LogP contribution in [0.2, 0.25) is 0 Å². The van der Waals surface area contributed by atoms with Crippen molar-refractivity contribution in [1.82, 2.24) is 0 Å². The van der Waals surface area contributed by atoms with Gasteiger partial charge in [0.2, 0.25) is 0 Å². The zero-order valence-corrected chi connectivity index (χ0v) is 19.2. The quantitative estimate of drug-likeness (QED) is 0.496. The summed E-state index contributed by atoms with van der Waals surface area (Å²) in [5.41, 5.74) is -0.316. The Hall–Kier alpha value is -2.87. The van der Waals surface area contributed by atoms with Gasteiger partial charge in [0.25, 0.3) is 0 Å². The molecular weight excluding hydrogens is 399 g/mol. The van der Waals surface area contributed by atoms with E-state index in [9.17, 15) is 10.2 Å². The predicted octanol–water partition coefficient (Wildman–Crippen LogP) is 3.69. The highest BCUT2D eigenvalue weighted by molar-refractivity contribution is 7.79. The molecule has 31 heavy (non-hydrogen) atoms. The van der Waals surface area contributed by atoms with Crippen molar-refractivity contribution in [2.24, 2.45) is 0 Å². The molecule has 0 spiro atoms. The van der Waals surface area contributed by atoms with Gasteiger partial charge in [-0.1, -0.05) is 78.3 Å². The predicted molar refractivity (Wildman–Crippen MR) is 131 cm³/mol. The van der Waals surface area contributed by atoms with Gasteiger partial charge in [-0.3, -0.25) is 0 Å². The third-order valence-electron chi connectivity index (χ3n) is 4.25. The number of aliphatic hydroxyl groups is 2. The van der Waals surface area contributed by atoms with E-state index in [1.807, 2.05) is 30.3 Å². The first-order valence-electron chi connectivity index (χ1n) is 10.2. The van der Waals surface area contributed by atoms with E-state index < -0.39 is 19.1 Å². The maximum absolute atomic E-state index is 9.95. The molecule has 3 rings (SSSR count). The van der Waals surface area contributed by atoms with Gasteiger partial charge in [-0.25, -0.2) is 0 Å². The first-order chi connectivity index (χ1) is 14.6. The van der Waals surface area contributed by atoms with Crippen molar-refractivity contribution in [3.63, 3.8) is 0 Å². The second-order valence-electron chi connectivity index (χ2n) is 8.39. The van der Waals surface area contributed by atoms with E-state index in [1.165, 1.54) is 15.9 Å². The lowest BCUT2D eigenvalue weighted by Gasteiger charge is -2.20. The average molecular weight is 426 g/mol. The molecule has 0 amide bonds. The van der Waals surface area contributed by atoms with Gasteiger partial charge in [0.15, 0.2) is 0 Å². The summed E-state index contributed by atoms with van der Waals surface area (Å²) in [5, 5.41) is 23.5. The molecule has 2 N–H and O–H groups in total. The van der Waals surface area contributed by atoms with Crippen LogP contribution in [0.1, 0.15) is 38.8 Å². The Morgan fingerprint density at radius 1 is 0.581 bits per heavy atom. The molecule has 0 bridgehead atoms. The zero-order chi connectivity index (χ0) is 22.5. The van der Waals surface area contributed by atoms with Crippen LogP contribution in [0.3, 0.4) is 0 Å². The number of benzene rings is 3. The van der Waals surface area contributed by atoms with E-state index >= 15 is 0 Å². The number of rotatable bonds is 3. The topological polar surface area (TPSA) is 40.5 Å². The zero-order valence-electron chi connectivity index (χ0n) is 18.3. The fourth-order valence-corrected chi connectivity index (χ4v) is 5.29. The van der Waals surface area contributed by atoms with Crippen LogP contribution in [0.4, 0.5) is 0 Å². The fourth-order valence-electron chi connectivity index (χ4n) is 2.92. The molecule has 156 valence electrons. The van der Waals surface area contributed by atoms with Gasteiger partial charge in [-0.05, 0) is 75.8 Å². The molecule has 0 fully saturated rings. The van der Waals surface area contributed by atoms with Crippen LogP contribution in [-0.4, -0.2) is 21.4 Å². The van der Waals surface area contributed by atoms with E-state index in [1.54, 1.807) is 27.7 Å². The third kappa shape index (κ3) is 7.10. The lowest BCUT2D eigenvalue weighted by Crippen LogP contribution is -2.21. The Balaban J connectivity index is 2.09. The number of hydrogen-bond acceptors (Lipinski definition) is 2. The molecule has 3 heteroatoms. The molecule has 0 atom stereocenters. The van der Waals surface area contributed by atoms with Crippen molar-refractivity contribution in [1.29, 1.82) is 0 Å². The SMILES string of the molecule is CC(C)(O)C#Cc1cccc(P(c2ccccc2)c2cccc(C#CC(C)(C)O)c2)c1. The van der Waals surface area contributed by atoms with Crippen LogP contribution in [0, 0.1) is 23.7 Å². The van der Waals surface area contributed by atoms with Gasteiger partial charge in [0.05, 0.1) is 0 Å². The molecule has 0 aliphatic carbocycles. The molecule has 0 aliphatic heterocycles. The molecule has 3 aromatic carbocycles. The van der Waals surface area contributed by atoms with Gasteiger partial charge in [0.1, 0.15) is 11.2 Å². The van der Waals surface area contributed by atoms with Crippen LogP contribution < -0.4 is 15.9 Å². The van der Waals surface area contributed by atoms with E-state index in [2.05, 4.69) is 72.2 Å². The van der Waals surface area contributed by atoms with Crippen molar-refractivity contribution >= 4 is 23.8 Å². The monoisotopic (exact) mass is 426 g/mol. The lowest BCUT2D eigenvalue weighted by molar-refractivity contribution is 0.143. The molecule has 0 saturated carbocycles. The summed E-state index contributed by atoms with van der Waals surface area (Å²) in [5.74, 6) is 12.0.